The lowest BCUT2D eigenvalue weighted by molar-refractivity contribution is -0.138. The van der Waals surface area contributed by atoms with Crippen LogP contribution in [-0.4, -0.2) is 11.9 Å². The van der Waals surface area contributed by atoms with Gasteiger partial charge in [0.05, 0.1) is 10.0 Å². The molecule has 0 N–H and O–H groups in total. The number of esters is 2. The van der Waals surface area contributed by atoms with Crippen LogP contribution >= 0.6 is 27.5 Å². The van der Waals surface area contributed by atoms with E-state index >= 15 is 0 Å². The molecule has 7 heteroatoms. The van der Waals surface area contributed by atoms with Crippen molar-refractivity contribution in [3.8, 4) is 0 Å². The average Bonchev–Trinajstić information content (AvgIpc) is 2.31. The van der Waals surface area contributed by atoms with Crippen molar-refractivity contribution in [1.82, 2.24) is 0 Å². The molecule has 98 valence electrons. The van der Waals surface area contributed by atoms with Crippen LogP contribution in [0.2, 0.25) is 5.02 Å². The van der Waals surface area contributed by atoms with Crippen LogP contribution in [0.3, 0.4) is 0 Å². The van der Waals surface area contributed by atoms with Crippen LogP contribution < -0.4 is 0 Å². The number of hydrogen-bond donors (Lipinski definition) is 0. The standard InChI is InChI=1S/C11H8BrClF2O3/c1-2-3-7(16)18-11(17)5-4-6(12)10(15)8(13)9(5)14/h4H,2-3H2,1H3. The Labute approximate surface area is 115 Å². The fourth-order valence-electron chi connectivity index (χ4n) is 1.13. The Kier molecular flexibility index (Phi) is 5.22. The van der Waals surface area contributed by atoms with Gasteiger partial charge in [-0.05, 0) is 28.4 Å². The van der Waals surface area contributed by atoms with Crippen molar-refractivity contribution in [2.75, 3.05) is 0 Å². The number of halogens is 4. The summed E-state index contributed by atoms with van der Waals surface area (Å²) in [6.07, 6.45) is 0.520. The van der Waals surface area contributed by atoms with Crippen molar-refractivity contribution in [3.63, 3.8) is 0 Å². The van der Waals surface area contributed by atoms with Gasteiger partial charge in [-0.15, -0.1) is 0 Å². The van der Waals surface area contributed by atoms with E-state index in [1.165, 1.54) is 0 Å². The molecule has 0 aliphatic heterocycles. The second-order valence-corrected chi connectivity index (χ2v) is 4.59. The summed E-state index contributed by atoms with van der Waals surface area (Å²) in [6.45, 7) is 1.72. The van der Waals surface area contributed by atoms with Crippen LogP contribution in [0.1, 0.15) is 30.1 Å². The van der Waals surface area contributed by atoms with Gasteiger partial charge in [0.15, 0.2) is 11.6 Å². The van der Waals surface area contributed by atoms with E-state index in [9.17, 15) is 18.4 Å². The predicted octanol–water partition coefficient (Wildman–Crippen LogP) is 3.86. The summed E-state index contributed by atoms with van der Waals surface area (Å²) in [6, 6.07) is 0.873. The summed E-state index contributed by atoms with van der Waals surface area (Å²) < 4.78 is 30.9. The second kappa shape index (κ2) is 6.24. The van der Waals surface area contributed by atoms with Gasteiger partial charge in [-0.1, -0.05) is 18.5 Å². The van der Waals surface area contributed by atoms with Crippen molar-refractivity contribution in [1.29, 1.82) is 0 Å². The van der Waals surface area contributed by atoms with Gasteiger partial charge in [0.1, 0.15) is 5.02 Å². The number of carbonyl (C=O) groups is 2. The van der Waals surface area contributed by atoms with Crippen LogP contribution in [-0.2, 0) is 9.53 Å². The second-order valence-electron chi connectivity index (χ2n) is 3.36. The summed E-state index contributed by atoms with van der Waals surface area (Å²) in [5.74, 6) is -4.26. The summed E-state index contributed by atoms with van der Waals surface area (Å²) in [5.41, 5.74) is -0.599. The first kappa shape index (κ1) is 15.0. The van der Waals surface area contributed by atoms with E-state index in [0.29, 0.717) is 6.42 Å². The zero-order chi connectivity index (χ0) is 13.9. The number of benzene rings is 1. The maximum Gasteiger partial charge on any atom is 0.348 e. The zero-order valence-electron chi connectivity index (χ0n) is 9.23. The molecule has 0 amide bonds. The van der Waals surface area contributed by atoms with Crippen molar-refractivity contribution < 1.29 is 23.1 Å². The maximum atomic E-state index is 13.5. The zero-order valence-corrected chi connectivity index (χ0v) is 11.6. The Morgan fingerprint density at radius 2 is 2.00 bits per heavy atom. The highest BCUT2D eigenvalue weighted by Gasteiger charge is 2.23. The fraction of sp³-hybridized carbons (Fsp3) is 0.273. The Balaban J connectivity index is 3.04. The first-order valence-electron chi connectivity index (χ1n) is 4.96. The highest BCUT2D eigenvalue weighted by atomic mass is 79.9. The monoisotopic (exact) mass is 340 g/mol. The van der Waals surface area contributed by atoms with Gasteiger partial charge in [0, 0.05) is 6.42 Å². The highest BCUT2D eigenvalue weighted by Crippen LogP contribution is 2.29. The number of carbonyl (C=O) groups excluding carboxylic acids is 2. The van der Waals surface area contributed by atoms with Crippen LogP contribution in [0.5, 0.6) is 0 Å². The van der Waals surface area contributed by atoms with Gasteiger partial charge < -0.3 is 4.74 Å². The summed E-state index contributed by atoms with van der Waals surface area (Å²) in [4.78, 5) is 22.6. The molecule has 0 aliphatic carbocycles. The molecule has 3 nitrogen and oxygen atoms in total. The third kappa shape index (κ3) is 3.26. The Bertz CT molecular complexity index is 506. The van der Waals surface area contributed by atoms with Crippen molar-refractivity contribution in [2.24, 2.45) is 0 Å². The fourth-order valence-corrected chi connectivity index (χ4v) is 1.88. The normalized spacial score (nSPS) is 10.3. The Hall–Kier alpha value is -1.01. The SMILES string of the molecule is CCCC(=O)OC(=O)c1cc(Br)c(F)c(Cl)c1F. The quantitative estimate of drug-likeness (QED) is 0.363. The third-order valence-corrected chi connectivity index (χ3v) is 2.89. The van der Waals surface area contributed by atoms with Crippen LogP contribution in [0, 0.1) is 11.6 Å². The lowest BCUT2D eigenvalue weighted by Gasteiger charge is -2.06. The van der Waals surface area contributed by atoms with Crippen LogP contribution in [0.15, 0.2) is 10.5 Å². The van der Waals surface area contributed by atoms with E-state index in [1.807, 2.05) is 0 Å². The summed E-state index contributed by atoms with van der Waals surface area (Å²) in [5, 5.41) is -0.834. The van der Waals surface area contributed by atoms with Crippen molar-refractivity contribution >= 4 is 39.5 Å². The Morgan fingerprint density at radius 3 is 2.56 bits per heavy atom. The molecule has 0 saturated heterocycles. The molecular weight excluding hydrogens is 333 g/mol. The predicted molar refractivity (Wildman–Crippen MR) is 64.4 cm³/mol. The molecule has 0 heterocycles. The number of rotatable bonds is 3. The largest absolute Gasteiger partial charge is 0.389 e. The Morgan fingerprint density at radius 1 is 1.39 bits per heavy atom. The molecule has 0 spiro atoms. The molecule has 1 aromatic rings. The molecule has 0 fully saturated rings. The molecule has 1 rings (SSSR count). The van der Waals surface area contributed by atoms with E-state index < -0.39 is 34.2 Å². The molecule has 0 atom stereocenters. The smallest absolute Gasteiger partial charge is 0.348 e. The average molecular weight is 342 g/mol. The molecule has 0 aromatic heterocycles. The topological polar surface area (TPSA) is 43.4 Å². The van der Waals surface area contributed by atoms with E-state index in [4.69, 9.17) is 11.6 Å². The number of hydrogen-bond acceptors (Lipinski definition) is 3. The van der Waals surface area contributed by atoms with Gasteiger partial charge in [-0.2, -0.15) is 0 Å². The third-order valence-electron chi connectivity index (χ3n) is 1.98. The van der Waals surface area contributed by atoms with E-state index in [1.54, 1.807) is 6.92 Å². The molecule has 0 saturated carbocycles. The molecule has 1 aromatic carbocycles. The van der Waals surface area contributed by atoms with Crippen LogP contribution in [0.25, 0.3) is 0 Å². The molecular formula is C11H8BrClF2O3. The molecule has 0 unspecified atom stereocenters. The van der Waals surface area contributed by atoms with Gasteiger partial charge in [0.2, 0.25) is 0 Å². The first-order chi connectivity index (χ1) is 8.38. The number of ether oxygens (including phenoxy) is 1. The van der Waals surface area contributed by atoms with Crippen molar-refractivity contribution in [3.05, 3.63) is 32.8 Å². The lowest BCUT2D eigenvalue weighted by Crippen LogP contribution is -2.14. The molecule has 0 radical (unpaired) electrons. The van der Waals surface area contributed by atoms with Crippen molar-refractivity contribution in [2.45, 2.75) is 19.8 Å². The molecule has 18 heavy (non-hydrogen) atoms. The molecule has 0 bridgehead atoms. The first-order valence-corrected chi connectivity index (χ1v) is 6.13. The van der Waals surface area contributed by atoms with Gasteiger partial charge in [-0.25, -0.2) is 13.6 Å². The van der Waals surface area contributed by atoms with E-state index in [0.717, 1.165) is 6.07 Å². The van der Waals surface area contributed by atoms with E-state index in [-0.39, 0.29) is 10.9 Å². The minimum absolute atomic E-state index is 0.0312. The van der Waals surface area contributed by atoms with E-state index in [2.05, 4.69) is 20.7 Å². The minimum atomic E-state index is -1.26. The van der Waals surface area contributed by atoms with Gasteiger partial charge in [-0.3, -0.25) is 4.79 Å². The highest BCUT2D eigenvalue weighted by molar-refractivity contribution is 9.10. The summed E-state index contributed by atoms with van der Waals surface area (Å²) in [7, 11) is 0. The maximum absolute atomic E-state index is 13.5. The van der Waals surface area contributed by atoms with Crippen LogP contribution in [0.4, 0.5) is 8.78 Å². The minimum Gasteiger partial charge on any atom is -0.389 e. The lowest BCUT2D eigenvalue weighted by atomic mass is 10.2. The van der Waals surface area contributed by atoms with Gasteiger partial charge in [0.25, 0.3) is 0 Å². The van der Waals surface area contributed by atoms with Gasteiger partial charge >= 0.3 is 11.9 Å². The molecule has 0 aliphatic rings. The summed E-state index contributed by atoms with van der Waals surface area (Å²) >= 11 is 8.13.